The number of unbranched alkanes of at least 4 members (excludes halogenated alkanes) is 3. The van der Waals surface area contributed by atoms with E-state index in [1.165, 1.54) is 0 Å². The quantitative estimate of drug-likeness (QED) is 0.105. The van der Waals surface area contributed by atoms with Gasteiger partial charge in [-0.05, 0) is 35.7 Å². The lowest BCUT2D eigenvalue weighted by molar-refractivity contribution is 0.653. The summed E-state index contributed by atoms with van der Waals surface area (Å²) in [6.07, 6.45) is 3.72. The molecule has 206 valence electrons. The van der Waals surface area contributed by atoms with Crippen LogP contribution in [0.15, 0.2) is 105 Å². The Kier molecular flexibility index (Phi) is 9.87. The second kappa shape index (κ2) is 14.1. The number of anilines is 2. The van der Waals surface area contributed by atoms with E-state index in [1.807, 2.05) is 84.9 Å². The lowest BCUT2D eigenvalue weighted by Crippen LogP contribution is -2.26. The standard InChI is InChI=1S/C30H36N10/c31-27(39-29(33)37-25-17-9-13-21-11-3-5-15-23(21)25)35-19-7-1-2-8-20-36-28(32)40-30(34)38-26-18-10-14-22-12-4-6-16-24(22)26/h3-6,9-18H,1-2,7-8,19-20H2,(H5,31,33,35,37,39)(H5,32,34,36,38,40). The van der Waals surface area contributed by atoms with Crippen LogP contribution in [-0.2, 0) is 0 Å². The highest BCUT2D eigenvalue weighted by molar-refractivity contribution is 6.07. The van der Waals surface area contributed by atoms with Crippen molar-refractivity contribution in [2.75, 3.05) is 23.7 Å². The van der Waals surface area contributed by atoms with Crippen molar-refractivity contribution < 1.29 is 0 Å². The zero-order valence-electron chi connectivity index (χ0n) is 22.4. The van der Waals surface area contributed by atoms with Gasteiger partial charge < -0.3 is 33.6 Å². The van der Waals surface area contributed by atoms with Gasteiger partial charge in [0.2, 0.25) is 23.8 Å². The van der Waals surface area contributed by atoms with Gasteiger partial charge in [0.1, 0.15) is 0 Å². The number of nitrogens with zero attached hydrogens (tertiary/aromatic N) is 4. The highest BCUT2D eigenvalue weighted by Gasteiger charge is 2.03. The number of nitrogens with two attached hydrogens (primary N) is 4. The van der Waals surface area contributed by atoms with Gasteiger partial charge in [0.05, 0.1) is 0 Å². The van der Waals surface area contributed by atoms with E-state index in [0.717, 1.165) is 58.6 Å². The van der Waals surface area contributed by atoms with Crippen molar-refractivity contribution in [3.63, 3.8) is 0 Å². The minimum absolute atomic E-state index is 0.148. The summed E-state index contributed by atoms with van der Waals surface area (Å²) < 4.78 is 0. The molecule has 0 unspecified atom stereocenters. The molecule has 40 heavy (non-hydrogen) atoms. The molecule has 10 N–H and O–H groups in total. The molecule has 0 spiro atoms. The van der Waals surface area contributed by atoms with Gasteiger partial charge in [0.25, 0.3) is 0 Å². The molecule has 0 atom stereocenters. The topological polar surface area (TPSA) is 178 Å². The van der Waals surface area contributed by atoms with E-state index >= 15 is 0 Å². The number of hydrogen-bond acceptors (Lipinski definition) is 2. The van der Waals surface area contributed by atoms with Crippen molar-refractivity contribution in [3.05, 3.63) is 84.9 Å². The Morgan fingerprint density at radius 2 is 0.900 bits per heavy atom. The van der Waals surface area contributed by atoms with Crippen LogP contribution >= 0.6 is 0 Å². The van der Waals surface area contributed by atoms with E-state index in [2.05, 4.69) is 30.6 Å². The summed E-state index contributed by atoms with van der Waals surface area (Å²) in [5.74, 6) is 0.692. The molecule has 0 bridgehead atoms. The molecule has 4 aromatic rings. The predicted octanol–water partition coefficient (Wildman–Crippen LogP) is 4.34. The van der Waals surface area contributed by atoms with Crippen LogP contribution in [0.25, 0.3) is 21.5 Å². The van der Waals surface area contributed by atoms with Crippen molar-refractivity contribution in [2.45, 2.75) is 25.7 Å². The monoisotopic (exact) mass is 536 g/mol. The zero-order chi connectivity index (χ0) is 28.2. The number of aliphatic imine (C=N–C) groups is 4. The maximum atomic E-state index is 6.03. The molecular formula is C30H36N10. The van der Waals surface area contributed by atoms with E-state index in [1.54, 1.807) is 0 Å². The van der Waals surface area contributed by atoms with Crippen LogP contribution in [0.4, 0.5) is 11.4 Å². The van der Waals surface area contributed by atoms with Crippen molar-refractivity contribution in [1.29, 1.82) is 0 Å². The highest BCUT2D eigenvalue weighted by Crippen LogP contribution is 2.23. The fourth-order valence-corrected chi connectivity index (χ4v) is 4.28. The van der Waals surface area contributed by atoms with Gasteiger partial charge in [-0.2, -0.15) is 9.98 Å². The molecule has 0 aliphatic carbocycles. The first kappa shape index (κ1) is 27.9. The zero-order valence-corrected chi connectivity index (χ0v) is 22.4. The lowest BCUT2D eigenvalue weighted by Gasteiger charge is -2.09. The molecule has 0 amide bonds. The summed E-state index contributed by atoms with van der Waals surface area (Å²) in [5, 5.41) is 10.5. The summed E-state index contributed by atoms with van der Waals surface area (Å²) in [6, 6.07) is 28.0. The second-order valence-corrected chi connectivity index (χ2v) is 9.19. The molecule has 10 heteroatoms. The maximum Gasteiger partial charge on any atom is 0.218 e. The first-order valence-electron chi connectivity index (χ1n) is 13.3. The average Bonchev–Trinajstić information content (AvgIpc) is 2.94. The molecule has 0 aliphatic heterocycles. The minimum atomic E-state index is 0.148. The molecule has 0 aromatic heterocycles. The van der Waals surface area contributed by atoms with Crippen LogP contribution < -0.4 is 33.6 Å². The summed E-state index contributed by atoms with van der Waals surface area (Å²) in [4.78, 5) is 16.9. The van der Waals surface area contributed by atoms with Crippen LogP contribution in [0.3, 0.4) is 0 Å². The third kappa shape index (κ3) is 8.19. The molecule has 4 aromatic carbocycles. The van der Waals surface area contributed by atoms with E-state index in [0.29, 0.717) is 13.1 Å². The third-order valence-corrected chi connectivity index (χ3v) is 6.19. The number of hydrogen-bond donors (Lipinski definition) is 6. The van der Waals surface area contributed by atoms with Gasteiger partial charge in [0.15, 0.2) is 0 Å². The number of rotatable bonds is 9. The second-order valence-electron chi connectivity index (χ2n) is 9.19. The van der Waals surface area contributed by atoms with E-state index < -0.39 is 0 Å². The van der Waals surface area contributed by atoms with Gasteiger partial charge in [0, 0.05) is 35.2 Å². The fourth-order valence-electron chi connectivity index (χ4n) is 4.28. The summed E-state index contributed by atoms with van der Waals surface area (Å²) in [5.41, 5.74) is 25.7. The van der Waals surface area contributed by atoms with Crippen LogP contribution in [0, 0.1) is 0 Å². The molecule has 0 aliphatic rings. The normalized spacial score (nSPS) is 13.1. The molecule has 0 fully saturated rings. The van der Waals surface area contributed by atoms with Gasteiger partial charge >= 0.3 is 0 Å². The van der Waals surface area contributed by atoms with Gasteiger partial charge in [-0.1, -0.05) is 85.6 Å². The Balaban J connectivity index is 1.15. The largest absolute Gasteiger partial charge is 0.369 e. The van der Waals surface area contributed by atoms with Crippen molar-refractivity contribution in [1.82, 2.24) is 0 Å². The highest BCUT2D eigenvalue weighted by atomic mass is 15.2. The van der Waals surface area contributed by atoms with Gasteiger partial charge in [-0.3, -0.25) is 9.98 Å². The SMILES string of the molecule is NC(=NCCCCCCN=C(N)/N=C(\N)Nc1cccc2ccccc12)/N=C(\N)Nc1cccc2ccccc12. The molecule has 0 saturated heterocycles. The van der Waals surface area contributed by atoms with E-state index in [-0.39, 0.29) is 23.8 Å². The summed E-state index contributed by atoms with van der Waals surface area (Å²) >= 11 is 0. The molecule has 0 radical (unpaired) electrons. The molecule has 0 heterocycles. The Morgan fingerprint density at radius 1 is 0.500 bits per heavy atom. The van der Waals surface area contributed by atoms with Crippen LogP contribution in [-0.4, -0.2) is 36.9 Å². The van der Waals surface area contributed by atoms with Crippen LogP contribution in [0.2, 0.25) is 0 Å². The van der Waals surface area contributed by atoms with Gasteiger partial charge in [-0.15, -0.1) is 0 Å². The molecule has 10 nitrogen and oxygen atoms in total. The van der Waals surface area contributed by atoms with Crippen LogP contribution in [0.5, 0.6) is 0 Å². The lowest BCUT2D eigenvalue weighted by atomic mass is 10.1. The Hall–Kier alpha value is -5.12. The Labute approximate surface area is 234 Å². The van der Waals surface area contributed by atoms with Crippen molar-refractivity contribution in [3.8, 4) is 0 Å². The Morgan fingerprint density at radius 3 is 1.35 bits per heavy atom. The summed E-state index contributed by atoms with van der Waals surface area (Å²) in [6.45, 7) is 1.14. The Bertz CT molecular complexity index is 1430. The number of nitrogens with one attached hydrogen (secondary N) is 2. The average molecular weight is 537 g/mol. The maximum absolute atomic E-state index is 6.03. The number of benzene rings is 4. The van der Waals surface area contributed by atoms with E-state index in [4.69, 9.17) is 22.9 Å². The number of fused-ring (bicyclic) bond motifs is 2. The number of guanidine groups is 4. The van der Waals surface area contributed by atoms with Crippen molar-refractivity contribution in [2.24, 2.45) is 42.9 Å². The minimum Gasteiger partial charge on any atom is -0.369 e. The first-order chi connectivity index (χ1) is 19.5. The van der Waals surface area contributed by atoms with E-state index in [9.17, 15) is 0 Å². The summed E-state index contributed by atoms with van der Waals surface area (Å²) in [7, 11) is 0. The van der Waals surface area contributed by atoms with Gasteiger partial charge in [-0.25, -0.2) is 0 Å². The van der Waals surface area contributed by atoms with Crippen molar-refractivity contribution >= 4 is 56.8 Å². The molecule has 4 rings (SSSR count). The first-order valence-corrected chi connectivity index (χ1v) is 13.3. The van der Waals surface area contributed by atoms with Crippen LogP contribution in [0.1, 0.15) is 25.7 Å². The smallest absolute Gasteiger partial charge is 0.218 e. The molecule has 0 saturated carbocycles. The predicted molar refractivity (Wildman–Crippen MR) is 170 cm³/mol. The fraction of sp³-hybridized carbons (Fsp3) is 0.200. The molecular weight excluding hydrogens is 500 g/mol. The third-order valence-electron chi connectivity index (χ3n) is 6.19.